The molecular formula is C14H16F2N4O. The lowest BCUT2D eigenvalue weighted by atomic mass is 10.3. The quantitative estimate of drug-likeness (QED) is 0.829. The van der Waals surface area contributed by atoms with Crippen LogP contribution in [0, 0.1) is 11.6 Å². The lowest BCUT2D eigenvalue weighted by Crippen LogP contribution is -2.17. The zero-order chi connectivity index (χ0) is 15.2. The van der Waals surface area contributed by atoms with Crippen LogP contribution < -0.4 is 15.0 Å². The summed E-state index contributed by atoms with van der Waals surface area (Å²) < 4.78 is 32.0. The molecule has 1 heterocycles. The third-order valence-corrected chi connectivity index (χ3v) is 2.63. The van der Waals surface area contributed by atoms with Crippen LogP contribution in [0.25, 0.3) is 0 Å². The minimum absolute atomic E-state index is 0.188. The predicted octanol–water partition coefficient (Wildman–Crippen LogP) is 2.31. The van der Waals surface area contributed by atoms with Crippen molar-refractivity contribution in [3.63, 3.8) is 0 Å². The summed E-state index contributed by atoms with van der Waals surface area (Å²) in [6.07, 6.45) is 1.10. The number of ether oxygens (including phenoxy) is 1. The number of nitrogens with zero attached hydrogens (tertiary/aromatic N) is 3. The van der Waals surface area contributed by atoms with Gasteiger partial charge in [0.05, 0.1) is 12.7 Å². The number of rotatable bonds is 6. The Labute approximate surface area is 121 Å². The number of halogens is 2. The summed E-state index contributed by atoms with van der Waals surface area (Å²) in [6, 6.07) is 6.16. The summed E-state index contributed by atoms with van der Waals surface area (Å²) in [4.78, 5) is 9.42. The van der Waals surface area contributed by atoms with Crippen molar-refractivity contribution in [1.82, 2.24) is 9.97 Å². The van der Waals surface area contributed by atoms with E-state index in [1.54, 1.807) is 37.2 Å². The monoisotopic (exact) mass is 294 g/mol. The Balaban J connectivity index is 1.87. The van der Waals surface area contributed by atoms with E-state index in [4.69, 9.17) is 4.74 Å². The largest absolute Gasteiger partial charge is 0.489 e. The van der Waals surface area contributed by atoms with Crippen molar-refractivity contribution in [2.75, 3.05) is 37.5 Å². The lowest BCUT2D eigenvalue weighted by Gasteiger charge is -2.13. The smallest absolute Gasteiger partial charge is 0.224 e. The third-order valence-electron chi connectivity index (χ3n) is 2.63. The SMILES string of the molecule is CN(C)c1nc(NCCOc2ccccc2F)ncc1F. The van der Waals surface area contributed by atoms with Crippen molar-refractivity contribution in [2.45, 2.75) is 0 Å². The normalized spacial score (nSPS) is 10.3. The van der Waals surface area contributed by atoms with Gasteiger partial charge in [-0.25, -0.2) is 13.8 Å². The summed E-state index contributed by atoms with van der Waals surface area (Å²) in [7, 11) is 3.38. The highest BCUT2D eigenvalue weighted by Crippen LogP contribution is 2.16. The highest BCUT2D eigenvalue weighted by molar-refractivity contribution is 5.42. The Kier molecular flexibility index (Phi) is 4.86. The molecule has 21 heavy (non-hydrogen) atoms. The van der Waals surface area contributed by atoms with Gasteiger partial charge < -0.3 is 15.0 Å². The molecule has 0 aliphatic carbocycles. The number of benzene rings is 1. The Morgan fingerprint density at radius 2 is 1.95 bits per heavy atom. The number of hydrogen-bond acceptors (Lipinski definition) is 5. The number of nitrogens with one attached hydrogen (secondary N) is 1. The zero-order valence-corrected chi connectivity index (χ0v) is 11.8. The van der Waals surface area contributed by atoms with E-state index >= 15 is 0 Å². The Morgan fingerprint density at radius 1 is 1.19 bits per heavy atom. The van der Waals surface area contributed by atoms with Gasteiger partial charge in [0.1, 0.15) is 6.61 Å². The van der Waals surface area contributed by atoms with E-state index in [2.05, 4.69) is 15.3 Å². The molecule has 0 saturated heterocycles. The van der Waals surface area contributed by atoms with E-state index < -0.39 is 11.6 Å². The van der Waals surface area contributed by atoms with Crippen molar-refractivity contribution in [3.05, 3.63) is 42.1 Å². The second-order valence-corrected chi connectivity index (χ2v) is 4.47. The van der Waals surface area contributed by atoms with E-state index in [1.807, 2.05) is 0 Å². The lowest BCUT2D eigenvalue weighted by molar-refractivity contribution is 0.315. The van der Waals surface area contributed by atoms with Gasteiger partial charge in [-0.15, -0.1) is 0 Å². The van der Waals surface area contributed by atoms with E-state index in [-0.39, 0.29) is 24.1 Å². The molecule has 0 saturated carbocycles. The molecule has 0 aliphatic heterocycles. The standard InChI is InChI=1S/C14H16F2N4O/c1-20(2)13-11(16)9-18-14(19-13)17-7-8-21-12-6-4-3-5-10(12)15/h3-6,9H,7-8H2,1-2H3,(H,17,18,19). The number of hydrogen-bond donors (Lipinski definition) is 1. The van der Waals surface area contributed by atoms with Crippen LogP contribution in [0.15, 0.2) is 30.5 Å². The molecule has 0 spiro atoms. The van der Waals surface area contributed by atoms with Crippen molar-refractivity contribution in [2.24, 2.45) is 0 Å². The highest BCUT2D eigenvalue weighted by atomic mass is 19.1. The minimum atomic E-state index is -0.492. The van der Waals surface area contributed by atoms with Crippen molar-refractivity contribution in [3.8, 4) is 5.75 Å². The fraction of sp³-hybridized carbons (Fsp3) is 0.286. The van der Waals surface area contributed by atoms with Gasteiger partial charge in [0.2, 0.25) is 5.95 Å². The molecule has 5 nitrogen and oxygen atoms in total. The van der Waals surface area contributed by atoms with Crippen LogP contribution >= 0.6 is 0 Å². The molecule has 2 rings (SSSR count). The van der Waals surface area contributed by atoms with Gasteiger partial charge in [-0.2, -0.15) is 4.98 Å². The molecule has 2 aromatic rings. The van der Waals surface area contributed by atoms with E-state index in [9.17, 15) is 8.78 Å². The fourth-order valence-corrected chi connectivity index (χ4v) is 1.64. The summed E-state index contributed by atoms with van der Waals surface area (Å²) in [5.41, 5.74) is 0. The van der Waals surface area contributed by atoms with Crippen LogP contribution in [0.1, 0.15) is 0 Å². The van der Waals surface area contributed by atoms with Crippen LogP contribution in [0.5, 0.6) is 5.75 Å². The van der Waals surface area contributed by atoms with Crippen LogP contribution in [-0.4, -0.2) is 37.2 Å². The number of anilines is 2. The molecule has 7 heteroatoms. The first kappa shape index (κ1) is 15.0. The Bertz CT molecular complexity index is 607. The maximum absolute atomic E-state index is 13.4. The highest BCUT2D eigenvalue weighted by Gasteiger charge is 2.08. The Hall–Kier alpha value is -2.44. The van der Waals surface area contributed by atoms with Gasteiger partial charge in [-0.1, -0.05) is 12.1 Å². The van der Waals surface area contributed by atoms with Gasteiger partial charge in [-0.3, -0.25) is 0 Å². The minimum Gasteiger partial charge on any atom is -0.489 e. The second kappa shape index (κ2) is 6.83. The van der Waals surface area contributed by atoms with Crippen molar-refractivity contribution >= 4 is 11.8 Å². The van der Waals surface area contributed by atoms with Crippen molar-refractivity contribution < 1.29 is 13.5 Å². The summed E-state index contributed by atoms with van der Waals surface area (Å²) >= 11 is 0. The summed E-state index contributed by atoms with van der Waals surface area (Å²) in [5, 5.41) is 2.89. The Morgan fingerprint density at radius 3 is 2.67 bits per heavy atom. The first-order chi connectivity index (χ1) is 10.1. The topological polar surface area (TPSA) is 50.3 Å². The average molecular weight is 294 g/mol. The van der Waals surface area contributed by atoms with Crippen molar-refractivity contribution in [1.29, 1.82) is 0 Å². The van der Waals surface area contributed by atoms with Gasteiger partial charge in [-0.05, 0) is 12.1 Å². The second-order valence-electron chi connectivity index (χ2n) is 4.47. The molecule has 1 aromatic carbocycles. The van der Waals surface area contributed by atoms with E-state index in [0.717, 1.165) is 6.20 Å². The fourth-order valence-electron chi connectivity index (χ4n) is 1.64. The van der Waals surface area contributed by atoms with Crippen LogP contribution in [0.3, 0.4) is 0 Å². The van der Waals surface area contributed by atoms with Gasteiger partial charge >= 0.3 is 0 Å². The maximum Gasteiger partial charge on any atom is 0.224 e. The molecular weight excluding hydrogens is 278 g/mol. The van der Waals surface area contributed by atoms with Gasteiger partial charge in [0.25, 0.3) is 0 Å². The van der Waals surface area contributed by atoms with E-state index in [0.29, 0.717) is 6.54 Å². The van der Waals surface area contributed by atoms with E-state index in [1.165, 1.54) is 6.07 Å². The molecule has 0 fully saturated rings. The summed E-state index contributed by atoms with van der Waals surface area (Å²) in [5.74, 6) is -0.230. The molecule has 0 aliphatic rings. The number of aromatic nitrogens is 2. The van der Waals surface area contributed by atoms with Crippen LogP contribution in [0.2, 0.25) is 0 Å². The first-order valence-electron chi connectivity index (χ1n) is 6.39. The molecule has 0 radical (unpaired) electrons. The average Bonchev–Trinajstić information content (AvgIpc) is 2.46. The zero-order valence-electron chi connectivity index (χ0n) is 11.8. The molecule has 0 amide bonds. The molecule has 112 valence electrons. The molecule has 0 unspecified atom stereocenters. The molecule has 1 N–H and O–H groups in total. The predicted molar refractivity (Wildman–Crippen MR) is 76.7 cm³/mol. The molecule has 0 atom stereocenters. The molecule has 1 aromatic heterocycles. The van der Waals surface area contributed by atoms with Gasteiger partial charge in [0, 0.05) is 14.1 Å². The number of para-hydroxylation sites is 1. The third kappa shape index (κ3) is 4.01. The maximum atomic E-state index is 13.4. The first-order valence-corrected chi connectivity index (χ1v) is 6.39. The van der Waals surface area contributed by atoms with Gasteiger partial charge in [0.15, 0.2) is 23.2 Å². The summed E-state index contributed by atoms with van der Waals surface area (Å²) in [6.45, 7) is 0.603. The van der Waals surface area contributed by atoms with Crippen LogP contribution in [-0.2, 0) is 0 Å². The van der Waals surface area contributed by atoms with Crippen LogP contribution in [0.4, 0.5) is 20.5 Å². The molecule has 0 bridgehead atoms.